The molecule has 29 heavy (non-hydrogen) atoms. The highest BCUT2D eigenvalue weighted by Crippen LogP contribution is 2.31. The number of nitrogens with zero attached hydrogens (tertiary/aromatic N) is 2. The Bertz CT molecular complexity index is 1140. The molecule has 3 heteroatoms. The Morgan fingerprint density at radius 2 is 1.62 bits per heavy atom. The van der Waals surface area contributed by atoms with E-state index < -0.39 is 0 Å². The van der Waals surface area contributed by atoms with E-state index in [4.69, 9.17) is 0 Å². The van der Waals surface area contributed by atoms with E-state index in [-0.39, 0.29) is 5.91 Å². The molecule has 0 N–H and O–H groups in total. The molecule has 1 aliphatic rings. The summed E-state index contributed by atoms with van der Waals surface area (Å²) in [5.74, 6) is 0.136. The van der Waals surface area contributed by atoms with Gasteiger partial charge in [0.2, 0.25) is 0 Å². The summed E-state index contributed by atoms with van der Waals surface area (Å²) in [5, 5.41) is 2.15. The van der Waals surface area contributed by atoms with Crippen LogP contribution in [0.15, 0.2) is 91.1 Å². The van der Waals surface area contributed by atoms with Gasteiger partial charge in [-0.15, -0.1) is 0 Å². The summed E-state index contributed by atoms with van der Waals surface area (Å²) < 4.78 is 2.25. The predicted octanol–water partition coefficient (Wildman–Crippen LogP) is 5.49. The molecule has 4 aromatic rings. The molecule has 1 fully saturated rings. The van der Waals surface area contributed by atoms with Gasteiger partial charge in [0.05, 0.1) is 6.54 Å². The molecule has 1 saturated carbocycles. The number of carbonyl (C=O) groups excluding carboxylic acids is 1. The third-order valence-electron chi connectivity index (χ3n) is 5.72. The van der Waals surface area contributed by atoms with Crippen molar-refractivity contribution in [3.05, 3.63) is 108 Å². The second kappa shape index (κ2) is 7.59. The van der Waals surface area contributed by atoms with Gasteiger partial charge >= 0.3 is 0 Å². The SMILES string of the molecule is O=C(c1cccc2ccccc12)N(Cc1cccn1Cc1ccccc1)C1CC1. The van der Waals surface area contributed by atoms with Crippen LogP contribution in [-0.4, -0.2) is 21.4 Å². The summed E-state index contributed by atoms with van der Waals surface area (Å²) in [4.78, 5) is 15.6. The molecule has 144 valence electrons. The third kappa shape index (κ3) is 3.68. The molecule has 5 rings (SSSR count). The van der Waals surface area contributed by atoms with Gasteiger partial charge in [-0.25, -0.2) is 0 Å². The van der Waals surface area contributed by atoms with Crippen LogP contribution in [0.4, 0.5) is 0 Å². The van der Waals surface area contributed by atoms with Crippen molar-refractivity contribution in [2.24, 2.45) is 0 Å². The molecule has 0 unspecified atom stereocenters. The van der Waals surface area contributed by atoms with Gasteiger partial charge in [0.15, 0.2) is 0 Å². The number of carbonyl (C=O) groups is 1. The fourth-order valence-electron chi connectivity index (χ4n) is 4.02. The first-order chi connectivity index (χ1) is 14.3. The summed E-state index contributed by atoms with van der Waals surface area (Å²) >= 11 is 0. The zero-order chi connectivity index (χ0) is 19.6. The zero-order valence-electron chi connectivity index (χ0n) is 16.4. The van der Waals surface area contributed by atoms with Crippen LogP contribution in [0.5, 0.6) is 0 Å². The molecule has 0 aliphatic heterocycles. The largest absolute Gasteiger partial charge is 0.345 e. The lowest BCUT2D eigenvalue weighted by Crippen LogP contribution is -2.33. The summed E-state index contributed by atoms with van der Waals surface area (Å²) in [6, 6.07) is 29.2. The lowest BCUT2D eigenvalue weighted by molar-refractivity contribution is 0.0728. The molecule has 1 amide bonds. The molecule has 3 nitrogen and oxygen atoms in total. The van der Waals surface area contributed by atoms with Crippen molar-refractivity contribution in [1.82, 2.24) is 9.47 Å². The Morgan fingerprint density at radius 1 is 0.862 bits per heavy atom. The second-order valence-electron chi connectivity index (χ2n) is 7.80. The second-order valence-corrected chi connectivity index (χ2v) is 7.80. The van der Waals surface area contributed by atoms with Gasteiger partial charge < -0.3 is 9.47 Å². The van der Waals surface area contributed by atoms with E-state index in [9.17, 15) is 4.79 Å². The van der Waals surface area contributed by atoms with Crippen molar-refractivity contribution in [2.75, 3.05) is 0 Å². The molecule has 1 aromatic heterocycles. The van der Waals surface area contributed by atoms with Crippen molar-refractivity contribution in [2.45, 2.75) is 32.0 Å². The molecular weight excluding hydrogens is 356 g/mol. The monoisotopic (exact) mass is 380 g/mol. The number of rotatable bonds is 6. The Labute approximate surface area is 171 Å². The Kier molecular flexibility index (Phi) is 4.65. The fraction of sp³-hybridized carbons (Fsp3) is 0.192. The van der Waals surface area contributed by atoms with Crippen molar-refractivity contribution >= 4 is 16.7 Å². The Balaban J connectivity index is 1.43. The lowest BCUT2D eigenvalue weighted by atomic mass is 10.0. The van der Waals surface area contributed by atoms with E-state index >= 15 is 0 Å². The number of aromatic nitrogens is 1. The molecular formula is C26H24N2O. The van der Waals surface area contributed by atoms with Gasteiger partial charge in [-0.1, -0.05) is 66.7 Å². The van der Waals surface area contributed by atoms with Crippen LogP contribution in [0.25, 0.3) is 10.8 Å². The van der Waals surface area contributed by atoms with Crippen molar-refractivity contribution in [3.8, 4) is 0 Å². The average Bonchev–Trinajstić information content (AvgIpc) is 3.52. The minimum Gasteiger partial charge on any atom is -0.345 e. The standard InChI is InChI=1S/C26H24N2O/c29-26(25-14-6-11-21-10-4-5-13-24(21)25)28(22-15-16-22)19-23-12-7-17-27(23)18-20-8-2-1-3-9-20/h1-14,17,22H,15-16,18-19H2. The first-order valence-electron chi connectivity index (χ1n) is 10.3. The van der Waals surface area contributed by atoms with Gasteiger partial charge in [-0.2, -0.15) is 0 Å². The zero-order valence-corrected chi connectivity index (χ0v) is 16.4. The van der Waals surface area contributed by atoms with Crippen molar-refractivity contribution in [1.29, 1.82) is 0 Å². The minimum atomic E-state index is 0.136. The maximum absolute atomic E-state index is 13.6. The molecule has 3 aromatic carbocycles. The molecule has 0 radical (unpaired) electrons. The first-order valence-corrected chi connectivity index (χ1v) is 10.3. The first kappa shape index (κ1) is 17.7. The molecule has 0 saturated heterocycles. The fourth-order valence-corrected chi connectivity index (χ4v) is 4.02. The average molecular weight is 380 g/mol. The smallest absolute Gasteiger partial charge is 0.255 e. The molecule has 1 aliphatic carbocycles. The van der Waals surface area contributed by atoms with Crippen LogP contribution < -0.4 is 0 Å². The highest BCUT2D eigenvalue weighted by Gasteiger charge is 2.34. The van der Waals surface area contributed by atoms with E-state index in [1.807, 2.05) is 36.4 Å². The Morgan fingerprint density at radius 3 is 2.45 bits per heavy atom. The maximum Gasteiger partial charge on any atom is 0.255 e. The number of fused-ring (bicyclic) bond motifs is 1. The molecule has 0 bridgehead atoms. The lowest BCUT2D eigenvalue weighted by Gasteiger charge is -2.24. The number of hydrogen-bond donors (Lipinski definition) is 0. The normalized spacial score (nSPS) is 13.5. The molecule has 0 spiro atoms. The number of amides is 1. The van der Waals surface area contributed by atoms with E-state index in [1.165, 1.54) is 11.3 Å². The van der Waals surface area contributed by atoms with Crippen LogP contribution in [0.2, 0.25) is 0 Å². The number of benzene rings is 3. The maximum atomic E-state index is 13.6. The molecule has 1 heterocycles. The van der Waals surface area contributed by atoms with E-state index in [1.54, 1.807) is 0 Å². The van der Waals surface area contributed by atoms with Gasteiger partial charge in [0, 0.05) is 30.0 Å². The summed E-state index contributed by atoms with van der Waals surface area (Å²) in [6.07, 6.45) is 4.29. The Hall–Kier alpha value is -3.33. The van der Waals surface area contributed by atoms with Crippen LogP contribution in [-0.2, 0) is 13.1 Å². The summed E-state index contributed by atoms with van der Waals surface area (Å²) in [7, 11) is 0. The van der Waals surface area contributed by atoms with Gasteiger partial charge in [0.1, 0.15) is 0 Å². The minimum absolute atomic E-state index is 0.136. The topological polar surface area (TPSA) is 25.2 Å². The summed E-state index contributed by atoms with van der Waals surface area (Å²) in [5.41, 5.74) is 3.24. The van der Waals surface area contributed by atoms with Crippen molar-refractivity contribution in [3.63, 3.8) is 0 Å². The predicted molar refractivity (Wildman–Crippen MR) is 117 cm³/mol. The van der Waals surface area contributed by atoms with Crippen LogP contribution in [0.1, 0.15) is 34.5 Å². The van der Waals surface area contributed by atoms with Crippen LogP contribution >= 0.6 is 0 Å². The molecule has 0 atom stereocenters. The van der Waals surface area contributed by atoms with E-state index in [0.717, 1.165) is 35.7 Å². The quantitative estimate of drug-likeness (QED) is 0.434. The number of hydrogen-bond acceptors (Lipinski definition) is 1. The van der Waals surface area contributed by atoms with E-state index in [0.29, 0.717) is 12.6 Å². The van der Waals surface area contributed by atoms with Crippen LogP contribution in [0, 0.1) is 0 Å². The highest BCUT2D eigenvalue weighted by atomic mass is 16.2. The van der Waals surface area contributed by atoms with E-state index in [2.05, 4.69) is 64.2 Å². The van der Waals surface area contributed by atoms with Gasteiger partial charge in [0.25, 0.3) is 5.91 Å². The summed E-state index contributed by atoms with van der Waals surface area (Å²) in [6.45, 7) is 1.47. The van der Waals surface area contributed by atoms with Gasteiger partial charge in [-0.3, -0.25) is 4.79 Å². The van der Waals surface area contributed by atoms with Gasteiger partial charge in [-0.05, 0) is 47.4 Å². The third-order valence-corrected chi connectivity index (χ3v) is 5.72. The highest BCUT2D eigenvalue weighted by molar-refractivity contribution is 6.07. The van der Waals surface area contributed by atoms with Crippen LogP contribution in [0.3, 0.4) is 0 Å². The van der Waals surface area contributed by atoms with Crippen molar-refractivity contribution < 1.29 is 4.79 Å².